The van der Waals surface area contributed by atoms with Crippen LogP contribution in [0.5, 0.6) is 0 Å². The van der Waals surface area contributed by atoms with Gasteiger partial charge in [-0.2, -0.15) is 5.10 Å². The number of amides is 2. The molecular formula is C22H25ClN4O2S. The molecular weight excluding hydrogens is 420 g/mol. The van der Waals surface area contributed by atoms with Crippen LogP contribution in [0.4, 0.5) is 0 Å². The normalized spacial score (nSPS) is 14.3. The second kappa shape index (κ2) is 9.18. The first-order valence-corrected chi connectivity index (χ1v) is 11.5. The summed E-state index contributed by atoms with van der Waals surface area (Å²) in [6, 6.07) is 9.58. The summed E-state index contributed by atoms with van der Waals surface area (Å²) in [4.78, 5) is 28.4. The van der Waals surface area contributed by atoms with Gasteiger partial charge in [0, 0.05) is 36.5 Å². The second-order valence-corrected chi connectivity index (χ2v) is 9.05. The maximum absolute atomic E-state index is 12.6. The minimum absolute atomic E-state index is 0.123. The average Bonchev–Trinajstić information content (AvgIpc) is 3.31. The number of piperidine rings is 1. The van der Waals surface area contributed by atoms with Crippen molar-refractivity contribution < 1.29 is 9.59 Å². The lowest BCUT2D eigenvalue weighted by Crippen LogP contribution is -2.37. The van der Waals surface area contributed by atoms with Crippen LogP contribution in [-0.4, -0.2) is 46.1 Å². The van der Waals surface area contributed by atoms with Crippen LogP contribution in [0.2, 0.25) is 5.02 Å². The van der Waals surface area contributed by atoms with E-state index < -0.39 is 0 Å². The van der Waals surface area contributed by atoms with Gasteiger partial charge in [0.25, 0.3) is 5.91 Å². The predicted octanol–water partition coefficient (Wildman–Crippen LogP) is 4.24. The Bertz CT molecular complexity index is 1070. The average molecular weight is 445 g/mol. The van der Waals surface area contributed by atoms with Gasteiger partial charge in [0.2, 0.25) is 5.91 Å². The van der Waals surface area contributed by atoms with E-state index in [4.69, 9.17) is 11.6 Å². The molecule has 2 aromatic heterocycles. The molecule has 158 valence electrons. The third-order valence-corrected chi connectivity index (χ3v) is 6.96. The Kier molecular flexibility index (Phi) is 6.39. The molecule has 6 nitrogen and oxygen atoms in total. The topological polar surface area (TPSA) is 67.2 Å². The van der Waals surface area contributed by atoms with Gasteiger partial charge < -0.3 is 10.2 Å². The number of aromatic nitrogens is 2. The van der Waals surface area contributed by atoms with Crippen molar-refractivity contribution in [2.45, 2.75) is 39.2 Å². The van der Waals surface area contributed by atoms with Gasteiger partial charge in [0.05, 0.1) is 17.1 Å². The molecule has 1 fully saturated rings. The Hall–Kier alpha value is -2.38. The molecule has 2 amide bonds. The van der Waals surface area contributed by atoms with Gasteiger partial charge >= 0.3 is 0 Å². The van der Waals surface area contributed by atoms with Gasteiger partial charge in [0.1, 0.15) is 4.83 Å². The van der Waals surface area contributed by atoms with Crippen LogP contribution in [0.1, 0.15) is 46.6 Å². The summed E-state index contributed by atoms with van der Waals surface area (Å²) in [6.07, 6.45) is 3.69. The van der Waals surface area contributed by atoms with Crippen LogP contribution in [0.15, 0.2) is 30.3 Å². The summed E-state index contributed by atoms with van der Waals surface area (Å²) in [5, 5.41) is 9.18. The van der Waals surface area contributed by atoms with Crippen molar-refractivity contribution in [3.05, 3.63) is 51.5 Å². The zero-order chi connectivity index (χ0) is 21.1. The Morgan fingerprint density at radius 3 is 2.73 bits per heavy atom. The number of hydrogen-bond donors (Lipinski definition) is 1. The Balaban J connectivity index is 1.41. The predicted molar refractivity (Wildman–Crippen MR) is 120 cm³/mol. The number of thiophene rings is 1. The number of carbonyl (C=O) groups excluding carboxylic acids is 2. The number of halogens is 1. The van der Waals surface area contributed by atoms with Gasteiger partial charge in [-0.1, -0.05) is 29.8 Å². The van der Waals surface area contributed by atoms with E-state index in [1.54, 1.807) is 0 Å². The van der Waals surface area contributed by atoms with Gasteiger partial charge in [0.15, 0.2) is 0 Å². The molecule has 0 unspecified atom stereocenters. The Labute approximate surface area is 184 Å². The standard InChI is InChI=1S/C22H25ClN4O2S/c1-15-17-13-19(21(29)24-10-9-20(28)26-11-5-2-6-12-26)30-22(17)27(25-15)14-16-7-3-4-8-18(16)23/h3-4,7-8,13H,2,5-6,9-12,14H2,1H3,(H,24,29). The lowest BCUT2D eigenvalue weighted by molar-refractivity contribution is -0.131. The van der Waals surface area contributed by atoms with E-state index in [0.717, 1.165) is 47.4 Å². The largest absolute Gasteiger partial charge is 0.351 e. The number of rotatable bonds is 6. The van der Waals surface area contributed by atoms with E-state index >= 15 is 0 Å². The Morgan fingerprint density at radius 2 is 1.97 bits per heavy atom. The molecule has 3 aromatic rings. The highest BCUT2D eigenvalue weighted by molar-refractivity contribution is 7.20. The number of carbonyl (C=O) groups is 2. The highest BCUT2D eigenvalue weighted by Crippen LogP contribution is 2.29. The van der Waals surface area contributed by atoms with Gasteiger partial charge in [-0.25, -0.2) is 0 Å². The minimum Gasteiger partial charge on any atom is -0.351 e. The number of nitrogens with one attached hydrogen (secondary N) is 1. The van der Waals surface area contributed by atoms with E-state index in [1.807, 2.05) is 46.8 Å². The van der Waals surface area contributed by atoms with Crippen molar-refractivity contribution in [1.29, 1.82) is 0 Å². The van der Waals surface area contributed by atoms with Crippen molar-refractivity contribution in [2.24, 2.45) is 0 Å². The van der Waals surface area contributed by atoms with Crippen molar-refractivity contribution in [2.75, 3.05) is 19.6 Å². The minimum atomic E-state index is -0.147. The van der Waals surface area contributed by atoms with Crippen LogP contribution < -0.4 is 5.32 Å². The third-order valence-electron chi connectivity index (χ3n) is 5.44. The zero-order valence-electron chi connectivity index (χ0n) is 17.0. The van der Waals surface area contributed by atoms with Crippen LogP contribution in [0, 0.1) is 6.92 Å². The van der Waals surface area contributed by atoms with E-state index in [0.29, 0.717) is 29.4 Å². The molecule has 3 heterocycles. The van der Waals surface area contributed by atoms with E-state index in [9.17, 15) is 9.59 Å². The lowest BCUT2D eigenvalue weighted by atomic mass is 10.1. The number of likely N-dealkylation sites (tertiary alicyclic amines) is 1. The SMILES string of the molecule is Cc1nn(Cc2ccccc2Cl)c2sc(C(=O)NCCC(=O)N3CCCCC3)cc12. The molecule has 0 radical (unpaired) electrons. The van der Waals surface area contributed by atoms with Crippen molar-refractivity contribution in [1.82, 2.24) is 20.0 Å². The number of aryl methyl sites for hydroxylation is 1. The summed E-state index contributed by atoms with van der Waals surface area (Å²) in [5.41, 5.74) is 1.87. The number of benzene rings is 1. The summed E-state index contributed by atoms with van der Waals surface area (Å²) in [6.45, 7) is 4.52. The van der Waals surface area contributed by atoms with Crippen LogP contribution in [0.3, 0.4) is 0 Å². The first kappa shape index (κ1) is 20.9. The van der Waals surface area contributed by atoms with Crippen molar-refractivity contribution in [3.8, 4) is 0 Å². The van der Waals surface area contributed by atoms with E-state index in [1.165, 1.54) is 17.8 Å². The number of nitrogens with zero attached hydrogens (tertiary/aromatic N) is 3. The van der Waals surface area contributed by atoms with Gasteiger partial charge in [-0.15, -0.1) is 11.3 Å². The monoisotopic (exact) mass is 444 g/mol. The molecule has 30 heavy (non-hydrogen) atoms. The molecule has 0 atom stereocenters. The molecule has 4 rings (SSSR count). The van der Waals surface area contributed by atoms with Crippen LogP contribution in [-0.2, 0) is 11.3 Å². The maximum atomic E-state index is 12.6. The summed E-state index contributed by atoms with van der Waals surface area (Å²) >= 11 is 7.71. The van der Waals surface area contributed by atoms with Crippen molar-refractivity contribution in [3.63, 3.8) is 0 Å². The lowest BCUT2D eigenvalue weighted by Gasteiger charge is -2.26. The molecule has 1 N–H and O–H groups in total. The second-order valence-electron chi connectivity index (χ2n) is 7.61. The van der Waals surface area contributed by atoms with Crippen molar-refractivity contribution >= 4 is 45.0 Å². The summed E-state index contributed by atoms with van der Waals surface area (Å²) < 4.78 is 1.90. The van der Waals surface area contributed by atoms with Gasteiger partial charge in [-0.05, 0) is 43.9 Å². The van der Waals surface area contributed by atoms with Crippen LogP contribution in [0.25, 0.3) is 10.2 Å². The molecule has 0 spiro atoms. The summed E-state index contributed by atoms with van der Waals surface area (Å²) in [7, 11) is 0. The first-order chi connectivity index (χ1) is 14.5. The fourth-order valence-electron chi connectivity index (χ4n) is 3.79. The molecule has 0 aliphatic carbocycles. The first-order valence-electron chi connectivity index (χ1n) is 10.3. The molecule has 1 aromatic carbocycles. The maximum Gasteiger partial charge on any atom is 0.261 e. The molecule has 0 bridgehead atoms. The van der Waals surface area contributed by atoms with E-state index in [-0.39, 0.29) is 11.8 Å². The highest BCUT2D eigenvalue weighted by atomic mass is 35.5. The number of hydrogen-bond acceptors (Lipinski definition) is 4. The molecule has 1 saturated heterocycles. The molecule has 1 aliphatic rings. The molecule has 0 saturated carbocycles. The molecule has 1 aliphatic heterocycles. The third kappa shape index (κ3) is 4.52. The molecule has 8 heteroatoms. The van der Waals surface area contributed by atoms with E-state index in [2.05, 4.69) is 10.4 Å². The number of fused-ring (bicyclic) bond motifs is 1. The Morgan fingerprint density at radius 1 is 1.20 bits per heavy atom. The smallest absolute Gasteiger partial charge is 0.261 e. The fraction of sp³-hybridized carbons (Fsp3) is 0.409. The van der Waals surface area contributed by atoms with Gasteiger partial charge in [-0.3, -0.25) is 14.3 Å². The quantitative estimate of drug-likeness (QED) is 0.618. The highest BCUT2D eigenvalue weighted by Gasteiger charge is 2.19. The fourth-order valence-corrected chi connectivity index (χ4v) is 5.06. The summed E-state index contributed by atoms with van der Waals surface area (Å²) in [5.74, 6) is -0.0242. The zero-order valence-corrected chi connectivity index (χ0v) is 18.6. The van der Waals surface area contributed by atoms with Crippen LogP contribution >= 0.6 is 22.9 Å².